The molecule has 0 spiro atoms. The third kappa shape index (κ3) is 7.29. The number of aromatic nitrogens is 2. The van der Waals surface area contributed by atoms with E-state index >= 15 is 0 Å². The molecule has 21 heavy (non-hydrogen) atoms. The normalized spacial score (nSPS) is 10.7. The van der Waals surface area contributed by atoms with Crippen LogP contribution in [0.2, 0.25) is 0 Å². The average Bonchev–Trinajstić information content (AvgIpc) is 2.43. The number of likely N-dealkylation sites (N-methyl/N-ethyl adjacent to an activating group) is 1. The van der Waals surface area contributed by atoms with Gasteiger partial charge in [-0.15, -0.1) is 22.0 Å². The predicted octanol–water partition coefficient (Wildman–Crippen LogP) is 1.57. The summed E-state index contributed by atoms with van der Waals surface area (Å²) in [6.45, 7) is 5.76. The Morgan fingerprint density at radius 3 is 2.76 bits per heavy atom. The Hall–Kier alpha value is -1.34. The predicted molar refractivity (Wildman–Crippen MR) is 85.8 cm³/mol. The first-order valence-corrected chi connectivity index (χ1v) is 7.88. The van der Waals surface area contributed by atoms with Gasteiger partial charge in [0.1, 0.15) is 5.03 Å². The molecule has 0 saturated heterocycles. The van der Waals surface area contributed by atoms with Crippen LogP contribution in [0.5, 0.6) is 0 Å². The van der Waals surface area contributed by atoms with Crippen LogP contribution in [0.1, 0.15) is 20.3 Å². The van der Waals surface area contributed by atoms with Gasteiger partial charge in [-0.1, -0.05) is 13.8 Å². The third-order valence-electron chi connectivity index (χ3n) is 2.60. The van der Waals surface area contributed by atoms with Crippen molar-refractivity contribution in [3.63, 3.8) is 0 Å². The summed E-state index contributed by atoms with van der Waals surface area (Å²) in [5, 5.41) is 12.5. The number of nitrogens with one attached hydrogen (secondary N) is 1. The fraction of sp³-hybridized carbons (Fsp3) is 0.643. The molecule has 1 heterocycles. The smallest absolute Gasteiger partial charge is 0.239 e. The topological polar surface area (TPSA) is 67.3 Å². The lowest BCUT2D eigenvalue weighted by atomic mass is 10.4. The molecule has 0 bridgehead atoms. The zero-order valence-corrected chi connectivity index (χ0v) is 13.9. The minimum Gasteiger partial charge on any atom is -0.385 e. The van der Waals surface area contributed by atoms with Gasteiger partial charge in [-0.05, 0) is 18.6 Å². The number of amides is 1. The van der Waals surface area contributed by atoms with Crippen LogP contribution in [0.3, 0.4) is 0 Å². The summed E-state index contributed by atoms with van der Waals surface area (Å²) in [7, 11) is 3.48. The van der Waals surface area contributed by atoms with E-state index < -0.39 is 0 Å². The molecule has 1 N–H and O–H groups in total. The van der Waals surface area contributed by atoms with E-state index in [9.17, 15) is 4.79 Å². The SMILES string of the molecule is COCCCNC(=O)CN(C)c1ccc(SC(C)C)nn1. The molecular formula is C14H24N4O2S. The van der Waals surface area contributed by atoms with E-state index in [0.717, 1.165) is 11.4 Å². The van der Waals surface area contributed by atoms with E-state index in [4.69, 9.17) is 4.74 Å². The van der Waals surface area contributed by atoms with Crippen LogP contribution < -0.4 is 10.2 Å². The molecule has 1 aromatic heterocycles. The maximum absolute atomic E-state index is 11.8. The first kappa shape index (κ1) is 17.7. The second kappa shape index (κ2) is 9.57. The number of rotatable bonds is 9. The van der Waals surface area contributed by atoms with Crippen molar-refractivity contribution in [3.05, 3.63) is 12.1 Å². The minimum absolute atomic E-state index is 0.0314. The largest absolute Gasteiger partial charge is 0.385 e. The Bertz CT molecular complexity index is 425. The second-order valence-electron chi connectivity index (χ2n) is 4.95. The molecule has 0 atom stereocenters. The van der Waals surface area contributed by atoms with Crippen LogP contribution in [-0.2, 0) is 9.53 Å². The van der Waals surface area contributed by atoms with Gasteiger partial charge < -0.3 is 15.0 Å². The maximum Gasteiger partial charge on any atom is 0.239 e. The Morgan fingerprint density at radius 1 is 1.43 bits per heavy atom. The molecule has 118 valence electrons. The molecule has 0 radical (unpaired) electrons. The number of carbonyl (C=O) groups excluding carboxylic acids is 1. The van der Waals surface area contributed by atoms with Crippen LogP contribution in [-0.4, -0.2) is 55.2 Å². The average molecular weight is 312 g/mol. The van der Waals surface area contributed by atoms with Gasteiger partial charge in [-0.25, -0.2) is 0 Å². The highest BCUT2D eigenvalue weighted by molar-refractivity contribution is 7.99. The second-order valence-corrected chi connectivity index (χ2v) is 6.55. The molecule has 0 aliphatic carbocycles. The van der Waals surface area contributed by atoms with E-state index in [2.05, 4.69) is 29.4 Å². The Kier molecular flexibility index (Phi) is 8.07. The van der Waals surface area contributed by atoms with Gasteiger partial charge in [-0.2, -0.15) is 0 Å². The van der Waals surface area contributed by atoms with E-state index in [0.29, 0.717) is 24.2 Å². The lowest BCUT2D eigenvalue weighted by Crippen LogP contribution is -2.36. The third-order valence-corrected chi connectivity index (χ3v) is 3.53. The number of ether oxygens (including phenoxy) is 1. The van der Waals surface area contributed by atoms with Crippen molar-refractivity contribution in [2.75, 3.05) is 38.8 Å². The maximum atomic E-state index is 11.8. The number of carbonyl (C=O) groups is 1. The molecule has 6 nitrogen and oxygen atoms in total. The molecular weight excluding hydrogens is 288 g/mol. The van der Waals surface area contributed by atoms with Crippen molar-refractivity contribution in [2.45, 2.75) is 30.5 Å². The van der Waals surface area contributed by atoms with Gasteiger partial charge in [0.05, 0.1) is 6.54 Å². The zero-order valence-electron chi connectivity index (χ0n) is 13.1. The van der Waals surface area contributed by atoms with Gasteiger partial charge in [0.25, 0.3) is 0 Å². The lowest BCUT2D eigenvalue weighted by Gasteiger charge is -2.17. The van der Waals surface area contributed by atoms with Crippen LogP contribution >= 0.6 is 11.8 Å². The molecule has 0 aliphatic rings. The van der Waals surface area contributed by atoms with Crippen molar-refractivity contribution in [3.8, 4) is 0 Å². The van der Waals surface area contributed by atoms with Crippen LogP contribution in [0, 0.1) is 0 Å². The summed E-state index contributed by atoms with van der Waals surface area (Å²) in [4.78, 5) is 13.5. The van der Waals surface area contributed by atoms with Gasteiger partial charge in [0, 0.05) is 32.6 Å². The summed E-state index contributed by atoms with van der Waals surface area (Å²) >= 11 is 1.67. The number of methoxy groups -OCH3 is 1. The van der Waals surface area contributed by atoms with Gasteiger partial charge in [-0.3, -0.25) is 4.79 Å². The summed E-state index contributed by atoms with van der Waals surface area (Å²) < 4.78 is 4.93. The van der Waals surface area contributed by atoms with Gasteiger partial charge in [0.15, 0.2) is 5.82 Å². The van der Waals surface area contributed by atoms with Crippen molar-refractivity contribution in [2.24, 2.45) is 0 Å². The highest BCUT2D eigenvalue weighted by Gasteiger charge is 2.09. The number of hydrogen-bond donors (Lipinski definition) is 1. The number of thioether (sulfide) groups is 1. The molecule has 1 rings (SSSR count). The standard InChI is InChI=1S/C14H24N4O2S/c1-11(2)21-14-7-6-12(16-17-14)18(3)10-13(19)15-8-5-9-20-4/h6-7,11H,5,8-10H2,1-4H3,(H,15,19). The summed E-state index contributed by atoms with van der Waals surface area (Å²) in [6, 6.07) is 3.82. The lowest BCUT2D eigenvalue weighted by molar-refractivity contribution is -0.119. The summed E-state index contributed by atoms with van der Waals surface area (Å²) in [5.74, 6) is 0.659. The number of anilines is 1. The Balaban J connectivity index is 2.40. The van der Waals surface area contributed by atoms with E-state index in [1.807, 2.05) is 19.2 Å². The molecule has 0 aromatic carbocycles. The molecule has 0 fully saturated rings. The fourth-order valence-corrected chi connectivity index (χ4v) is 2.34. The summed E-state index contributed by atoms with van der Waals surface area (Å²) in [6.07, 6.45) is 0.812. The van der Waals surface area contributed by atoms with Crippen molar-refractivity contribution in [1.82, 2.24) is 15.5 Å². The molecule has 1 amide bonds. The van der Waals surface area contributed by atoms with Crippen LogP contribution in [0.25, 0.3) is 0 Å². The minimum atomic E-state index is -0.0314. The highest BCUT2D eigenvalue weighted by atomic mass is 32.2. The summed E-state index contributed by atoms with van der Waals surface area (Å²) in [5.41, 5.74) is 0. The first-order chi connectivity index (χ1) is 10.0. The first-order valence-electron chi connectivity index (χ1n) is 7.00. The van der Waals surface area contributed by atoms with Crippen LogP contribution in [0.4, 0.5) is 5.82 Å². The molecule has 1 aromatic rings. The quantitative estimate of drug-likeness (QED) is 0.551. The molecule has 7 heteroatoms. The number of nitrogens with zero attached hydrogens (tertiary/aromatic N) is 3. The highest BCUT2D eigenvalue weighted by Crippen LogP contribution is 2.20. The van der Waals surface area contributed by atoms with E-state index in [1.165, 1.54) is 0 Å². The van der Waals surface area contributed by atoms with E-state index in [-0.39, 0.29) is 12.5 Å². The fourth-order valence-electron chi connectivity index (χ4n) is 1.62. The Labute approximate surface area is 130 Å². The molecule has 0 unspecified atom stereocenters. The monoisotopic (exact) mass is 312 g/mol. The number of hydrogen-bond acceptors (Lipinski definition) is 6. The molecule has 0 aliphatic heterocycles. The Morgan fingerprint density at radius 2 is 2.19 bits per heavy atom. The molecule has 0 saturated carbocycles. The van der Waals surface area contributed by atoms with Crippen molar-refractivity contribution < 1.29 is 9.53 Å². The van der Waals surface area contributed by atoms with Gasteiger partial charge in [0.2, 0.25) is 5.91 Å². The van der Waals surface area contributed by atoms with Crippen LogP contribution in [0.15, 0.2) is 17.2 Å². The zero-order chi connectivity index (χ0) is 15.7. The van der Waals surface area contributed by atoms with Gasteiger partial charge >= 0.3 is 0 Å². The van der Waals surface area contributed by atoms with Crippen molar-refractivity contribution >= 4 is 23.5 Å². The van der Waals surface area contributed by atoms with E-state index in [1.54, 1.807) is 23.8 Å². The van der Waals surface area contributed by atoms with Crippen molar-refractivity contribution in [1.29, 1.82) is 0 Å².